The molecule has 0 aliphatic carbocycles. The first-order valence-corrected chi connectivity index (χ1v) is 12.6. The third-order valence-electron chi connectivity index (χ3n) is 3.93. The zero-order valence-corrected chi connectivity index (χ0v) is 19.4. The zero-order valence-electron chi connectivity index (χ0n) is 15.0. The Morgan fingerprint density at radius 3 is 1.57 bits per heavy atom. The van der Waals surface area contributed by atoms with Gasteiger partial charge >= 0.3 is 0 Å². The van der Waals surface area contributed by atoms with Gasteiger partial charge in [-0.2, -0.15) is 0 Å². The van der Waals surface area contributed by atoms with E-state index in [-0.39, 0.29) is 0 Å². The molecule has 0 amide bonds. The quantitative estimate of drug-likeness (QED) is 0.133. The van der Waals surface area contributed by atoms with Crippen LogP contribution in [0.15, 0.2) is 30.3 Å². The van der Waals surface area contributed by atoms with Crippen LogP contribution in [-0.2, 0) is 6.42 Å². The Kier molecular flexibility index (Phi) is 21.3. The van der Waals surface area contributed by atoms with Gasteiger partial charge in [0.25, 0.3) is 0 Å². The molecule has 1 rings (SSSR count). The van der Waals surface area contributed by atoms with Gasteiger partial charge in [0.15, 0.2) is 0 Å². The topological polar surface area (TPSA) is 0 Å². The third kappa shape index (κ3) is 18.9. The predicted molar refractivity (Wildman–Crippen MR) is 124 cm³/mol. The summed E-state index contributed by atoms with van der Waals surface area (Å²) < 4.78 is 2.60. The molecule has 2 heteroatoms. The number of benzene rings is 1. The van der Waals surface area contributed by atoms with Gasteiger partial charge in [-0.3, -0.25) is 0 Å². The van der Waals surface area contributed by atoms with Crippen molar-refractivity contribution in [2.24, 2.45) is 0 Å². The van der Waals surface area contributed by atoms with E-state index in [0.29, 0.717) is 0 Å². The van der Waals surface area contributed by atoms with Crippen LogP contribution in [0.5, 0.6) is 0 Å². The van der Waals surface area contributed by atoms with Gasteiger partial charge in [0.2, 0.25) is 0 Å². The Morgan fingerprint density at radius 1 is 0.609 bits per heavy atom. The second kappa shape index (κ2) is 20.7. The van der Waals surface area contributed by atoms with Gasteiger partial charge in [0.1, 0.15) is 0 Å². The fraction of sp³-hybridized carbons (Fsp3) is 0.714. The molecule has 1 aromatic rings. The summed E-state index contributed by atoms with van der Waals surface area (Å²) in [4.78, 5) is 0. The fourth-order valence-electron chi connectivity index (χ4n) is 2.50. The monoisotopic (exact) mass is 542 g/mol. The van der Waals surface area contributed by atoms with Crippen LogP contribution in [0.25, 0.3) is 0 Å². The van der Waals surface area contributed by atoms with E-state index in [0.717, 1.165) is 0 Å². The summed E-state index contributed by atoms with van der Waals surface area (Å²) in [5, 5.41) is 0. The smallest absolute Gasteiger partial charge is 0.000156 e. The van der Waals surface area contributed by atoms with Crippen molar-refractivity contribution < 1.29 is 0 Å². The number of aryl methyl sites for hydroxylation is 1. The van der Waals surface area contributed by atoms with Crippen LogP contribution in [-0.4, -0.2) is 8.86 Å². The maximum Gasteiger partial charge on any atom is -0.000156 e. The molecule has 0 fully saturated rings. The van der Waals surface area contributed by atoms with E-state index >= 15 is 0 Å². The molecular formula is C21H36I2. The number of hydrogen-bond donors (Lipinski definition) is 0. The fourth-order valence-corrected chi connectivity index (χ4v) is 3.42. The van der Waals surface area contributed by atoms with Crippen LogP contribution in [0.3, 0.4) is 0 Å². The molecule has 0 aromatic heterocycles. The van der Waals surface area contributed by atoms with Crippen molar-refractivity contribution in [3.8, 4) is 0 Å². The van der Waals surface area contributed by atoms with E-state index in [2.05, 4.69) is 82.4 Å². The molecule has 1 aromatic carbocycles. The number of unbranched alkanes of at least 4 members (excludes halogenated alkanes) is 9. The molecule has 134 valence electrons. The highest BCUT2D eigenvalue weighted by molar-refractivity contribution is 14.1. The van der Waals surface area contributed by atoms with Crippen LogP contribution in [0.4, 0.5) is 0 Å². The van der Waals surface area contributed by atoms with E-state index < -0.39 is 0 Å². The first kappa shape index (κ1) is 23.7. The summed E-state index contributed by atoms with van der Waals surface area (Å²) >= 11 is 4.89. The van der Waals surface area contributed by atoms with Crippen molar-refractivity contribution in [3.63, 3.8) is 0 Å². The highest BCUT2D eigenvalue weighted by atomic mass is 127. The SMILES string of the molecule is CCCCCCCCCCCCI.ICCCc1ccccc1. The van der Waals surface area contributed by atoms with Gasteiger partial charge in [0.05, 0.1) is 0 Å². The number of halogens is 2. The lowest BCUT2D eigenvalue weighted by Crippen LogP contribution is -1.83. The lowest BCUT2D eigenvalue weighted by atomic mass is 10.1. The Balaban J connectivity index is 0.000000433. The summed E-state index contributed by atoms with van der Waals surface area (Å²) in [6.45, 7) is 2.28. The normalized spacial score (nSPS) is 10.2. The molecule has 0 N–H and O–H groups in total. The number of hydrogen-bond acceptors (Lipinski definition) is 0. The van der Waals surface area contributed by atoms with E-state index in [1.807, 2.05) is 0 Å². The van der Waals surface area contributed by atoms with Gasteiger partial charge < -0.3 is 0 Å². The van der Waals surface area contributed by atoms with Gasteiger partial charge in [0, 0.05) is 0 Å². The minimum Gasteiger partial charge on any atom is -0.0864 e. The average molecular weight is 542 g/mol. The van der Waals surface area contributed by atoms with Crippen LogP contribution in [0.1, 0.15) is 83.1 Å². The average Bonchev–Trinajstić information content (AvgIpc) is 2.60. The molecular weight excluding hydrogens is 506 g/mol. The molecule has 0 heterocycles. The minimum atomic E-state index is 1.23. The van der Waals surface area contributed by atoms with Crippen molar-refractivity contribution >= 4 is 45.2 Å². The number of rotatable bonds is 13. The van der Waals surface area contributed by atoms with E-state index in [1.165, 1.54) is 91.5 Å². The summed E-state index contributed by atoms with van der Waals surface area (Å²) in [6.07, 6.45) is 17.0. The Hall–Kier alpha value is 0.680. The molecule has 0 saturated heterocycles. The van der Waals surface area contributed by atoms with Crippen molar-refractivity contribution in [1.29, 1.82) is 0 Å². The molecule has 0 aliphatic rings. The molecule has 0 unspecified atom stereocenters. The Labute approximate surface area is 172 Å². The lowest BCUT2D eigenvalue weighted by Gasteiger charge is -2.00. The molecule has 0 aliphatic heterocycles. The van der Waals surface area contributed by atoms with Gasteiger partial charge in [-0.25, -0.2) is 0 Å². The van der Waals surface area contributed by atoms with Crippen molar-refractivity contribution in [2.75, 3.05) is 8.86 Å². The molecule has 0 atom stereocenters. The molecule has 0 spiro atoms. The summed E-state index contributed by atoms with van der Waals surface area (Å²) in [5.41, 5.74) is 1.46. The highest BCUT2D eigenvalue weighted by Crippen LogP contribution is 2.10. The molecule has 0 radical (unpaired) electrons. The van der Waals surface area contributed by atoms with E-state index in [1.54, 1.807) is 0 Å². The molecule has 0 saturated carbocycles. The summed E-state index contributed by atoms with van der Waals surface area (Å²) in [5.74, 6) is 0. The van der Waals surface area contributed by atoms with Crippen molar-refractivity contribution in [2.45, 2.75) is 84.0 Å². The number of alkyl halides is 2. The Morgan fingerprint density at radius 2 is 1.09 bits per heavy atom. The van der Waals surface area contributed by atoms with Crippen LogP contribution < -0.4 is 0 Å². The molecule has 0 nitrogen and oxygen atoms in total. The maximum absolute atomic E-state index is 2.47. The zero-order chi connectivity index (χ0) is 17.0. The van der Waals surface area contributed by atoms with E-state index in [4.69, 9.17) is 0 Å². The van der Waals surface area contributed by atoms with Crippen molar-refractivity contribution in [1.82, 2.24) is 0 Å². The second-order valence-electron chi connectivity index (χ2n) is 6.15. The maximum atomic E-state index is 2.47. The standard InChI is InChI=1S/C12H25I.C9H11I/c1-2-3-4-5-6-7-8-9-10-11-12-13;10-8-4-7-9-5-2-1-3-6-9/h2-12H2,1H3;1-3,5-6H,4,7-8H2. The summed E-state index contributed by atoms with van der Waals surface area (Å²) in [6, 6.07) is 10.6. The van der Waals surface area contributed by atoms with Gasteiger partial charge in [-0.05, 0) is 33.7 Å². The van der Waals surface area contributed by atoms with Crippen LogP contribution in [0.2, 0.25) is 0 Å². The minimum absolute atomic E-state index is 1.23. The second-order valence-corrected chi connectivity index (χ2v) is 8.31. The van der Waals surface area contributed by atoms with Gasteiger partial charge in [-0.15, -0.1) is 0 Å². The molecule has 23 heavy (non-hydrogen) atoms. The van der Waals surface area contributed by atoms with Crippen LogP contribution >= 0.6 is 45.2 Å². The first-order chi connectivity index (χ1) is 11.3. The summed E-state index contributed by atoms with van der Waals surface area (Å²) in [7, 11) is 0. The van der Waals surface area contributed by atoms with Crippen molar-refractivity contribution in [3.05, 3.63) is 35.9 Å². The first-order valence-electron chi connectivity index (χ1n) is 9.51. The lowest BCUT2D eigenvalue weighted by molar-refractivity contribution is 0.563. The highest BCUT2D eigenvalue weighted by Gasteiger charge is 1.91. The largest absolute Gasteiger partial charge is 0.0864 e. The predicted octanol–water partition coefficient (Wildman–Crippen LogP) is 8.40. The third-order valence-corrected chi connectivity index (χ3v) is 5.45. The van der Waals surface area contributed by atoms with Gasteiger partial charge in [-0.1, -0.05) is 140 Å². The Bertz CT molecular complexity index is 301. The van der Waals surface area contributed by atoms with Crippen LogP contribution in [0, 0.1) is 0 Å². The molecule has 0 bridgehead atoms. The van der Waals surface area contributed by atoms with E-state index in [9.17, 15) is 0 Å².